The van der Waals surface area contributed by atoms with Gasteiger partial charge in [-0.1, -0.05) is 23.7 Å². The minimum atomic E-state index is -4.43. The summed E-state index contributed by atoms with van der Waals surface area (Å²) in [4.78, 5) is 16.3. The fraction of sp³-hybridized carbons (Fsp3) is 0.0435. The molecule has 0 aliphatic rings. The SMILES string of the molecule is COc1ccccc1Oc1c(Cl)nc(-c2ncccn2)nc1NS(=O)(=O)C=Cc1ccc(F)c(F)c1F. The number of anilines is 1. The Hall–Kier alpha value is -4.23. The molecule has 0 fully saturated rings. The predicted molar refractivity (Wildman–Crippen MR) is 129 cm³/mol. The first kappa shape index (κ1) is 25.9. The van der Waals surface area contributed by atoms with Gasteiger partial charge in [0, 0.05) is 18.0 Å². The molecule has 9 nitrogen and oxygen atoms in total. The molecule has 0 amide bonds. The normalized spacial score (nSPS) is 11.5. The lowest BCUT2D eigenvalue weighted by atomic mass is 10.2. The highest BCUT2D eigenvalue weighted by Gasteiger charge is 2.22. The third-order valence-corrected chi connectivity index (χ3v) is 5.83. The van der Waals surface area contributed by atoms with Crippen LogP contribution in [0.3, 0.4) is 0 Å². The van der Waals surface area contributed by atoms with Crippen LogP contribution in [0.15, 0.2) is 60.3 Å². The number of halogens is 4. The Morgan fingerprint density at radius 1 is 0.919 bits per heavy atom. The van der Waals surface area contributed by atoms with Crippen molar-refractivity contribution in [3.05, 3.63) is 88.4 Å². The summed E-state index contributed by atoms with van der Waals surface area (Å²) in [6.45, 7) is 0. The third kappa shape index (κ3) is 5.95. The Labute approximate surface area is 213 Å². The minimum Gasteiger partial charge on any atom is -0.493 e. The smallest absolute Gasteiger partial charge is 0.256 e. The molecular formula is C23H15ClF3N5O4S. The summed E-state index contributed by atoms with van der Waals surface area (Å²) in [5, 5.41) is 0.237. The lowest BCUT2D eigenvalue weighted by Crippen LogP contribution is -2.13. The molecule has 2 heterocycles. The van der Waals surface area contributed by atoms with Crippen molar-refractivity contribution < 1.29 is 31.1 Å². The van der Waals surface area contributed by atoms with Gasteiger partial charge in [-0.2, -0.15) is 0 Å². The van der Waals surface area contributed by atoms with Gasteiger partial charge in [0.15, 0.2) is 45.7 Å². The third-order valence-electron chi connectivity index (χ3n) is 4.60. The van der Waals surface area contributed by atoms with Crippen molar-refractivity contribution in [2.75, 3.05) is 11.8 Å². The van der Waals surface area contributed by atoms with Gasteiger partial charge in [-0.05, 0) is 36.4 Å². The summed E-state index contributed by atoms with van der Waals surface area (Å²) in [5.74, 6) is -5.05. The van der Waals surface area contributed by atoms with Crippen LogP contribution in [0.1, 0.15) is 5.56 Å². The average molecular weight is 550 g/mol. The summed E-state index contributed by atoms with van der Waals surface area (Å²) in [6.07, 6.45) is 3.58. The van der Waals surface area contributed by atoms with Crippen LogP contribution in [-0.2, 0) is 10.0 Å². The number of nitrogens with one attached hydrogen (secondary N) is 1. The van der Waals surface area contributed by atoms with Crippen LogP contribution in [0, 0.1) is 17.5 Å². The largest absolute Gasteiger partial charge is 0.493 e. The van der Waals surface area contributed by atoms with Gasteiger partial charge in [0.2, 0.25) is 11.6 Å². The van der Waals surface area contributed by atoms with Crippen LogP contribution in [0.2, 0.25) is 5.15 Å². The molecule has 0 saturated heterocycles. The van der Waals surface area contributed by atoms with Crippen molar-refractivity contribution in [2.45, 2.75) is 0 Å². The number of rotatable bonds is 8. The predicted octanol–water partition coefficient (Wildman–Crippen LogP) is 5.22. The van der Waals surface area contributed by atoms with Crippen molar-refractivity contribution in [1.82, 2.24) is 19.9 Å². The number of benzene rings is 2. The zero-order valence-corrected chi connectivity index (χ0v) is 20.3. The molecule has 4 aromatic rings. The van der Waals surface area contributed by atoms with Gasteiger partial charge in [-0.25, -0.2) is 41.5 Å². The van der Waals surface area contributed by atoms with E-state index in [2.05, 4.69) is 24.7 Å². The molecule has 0 aliphatic carbocycles. The van der Waals surface area contributed by atoms with E-state index in [1.807, 2.05) is 0 Å². The molecule has 0 radical (unpaired) electrons. The van der Waals surface area contributed by atoms with E-state index in [0.29, 0.717) is 17.2 Å². The number of sulfonamides is 1. The maximum atomic E-state index is 14.0. The van der Waals surface area contributed by atoms with Crippen LogP contribution >= 0.6 is 11.6 Å². The van der Waals surface area contributed by atoms with Crippen LogP contribution < -0.4 is 14.2 Å². The second-order valence-electron chi connectivity index (χ2n) is 7.06. The van der Waals surface area contributed by atoms with E-state index in [4.69, 9.17) is 21.1 Å². The molecule has 37 heavy (non-hydrogen) atoms. The Morgan fingerprint density at radius 3 is 2.32 bits per heavy atom. The standard InChI is InChI=1S/C23H15ClF3N5O4S/c1-35-15-5-2-3-6-16(15)36-19-20(24)30-23(22-28-10-4-11-29-22)31-21(19)32-37(33,34)12-9-13-7-8-14(25)18(27)17(13)26/h2-12H,1H3,(H,30,31,32). The molecule has 2 aromatic heterocycles. The first-order valence-corrected chi connectivity index (χ1v) is 12.1. The fourth-order valence-corrected chi connectivity index (χ4v) is 3.92. The topological polar surface area (TPSA) is 116 Å². The van der Waals surface area contributed by atoms with E-state index >= 15 is 0 Å². The Bertz CT molecular complexity index is 1590. The molecular weight excluding hydrogens is 535 g/mol. The van der Waals surface area contributed by atoms with E-state index < -0.39 is 38.9 Å². The zero-order valence-electron chi connectivity index (χ0n) is 18.7. The lowest BCUT2D eigenvalue weighted by Gasteiger charge is -2.15. The van der Waals surface area contributed by atoms with Crippen LogP contribution in [0.5, 0.6) is 17.2 Å². The Kier molecular flexibility index (Phi) is 7.55. The first-order chi connectivity index (χ1) is 17.7. The Balaban J connectivity index is 1.76. The summed E-state index contributed by atoms with van der Waals surface area (Å²) in [7, 11) is -3.03. The number of hydrogen-bond donors (Lipinski definition) is 1. The minimum absolute atomic E-state index is 0.0353. The molecule has 0 saturated carbocycles. The maximum Gasteiger partial charge on any atom is 0.256 e. The van der Waals surface area contributed by atoms with Gasteiger partial charge in [0.05, 0.1) is 12.5 Å². The molecule has 14 heteroatoms. The van der Waals surface area contributed by atoms with Crippen molar-refractivity contribution in [2.24, 2.45) is 0 Å². The van der Waals surface area contributed by atoms with Crippen molar-refractivity contribution in [3.8, 4) is 28.9 Å². The summed E-state index contributed by atoms with van der Waals surface area (Å²) < 4.78 is 79.5. The van der Waals surface area contributed by atoms with Gasteiger partial charge >= 0.3 is 0 Å². The lowest BCUT2D eigenvalue weighted by molar-refractivity contribution is 0.378. The molecule has 0 atom stereocenters. The van der Waals surface area contributed by atoms with Gasteiger partial charge in [-0.15, -0.1) is 0 Å². The van der Waals surface area contributed by atoms with E-state index in [9.17, 15) is 21.6 Å². The number of aromatic nitrogens is 4. The van der Waals surface area contributed by atoms with Gasteiger partial charge < -0.3 is 9.47 Å². The van der Waals surface area contributed by atoms with Gasteiger partial charge in [0.25, 0.3) is 10.0 Å². The van der Waals surface area contributed by atoms with E-state index in [1.54, 1.807) is 24.3 Å². The molecule has 2 aromatic carbocycles. The molecule has 1 N–H and O–H groups in total. The first-order valence-electron chi connectivity index (χ1n) is 10.2. The summed E-state index contributed by atoms with van der Waals surface area (Å²) >= 11 is 6.33. The van der Waals surface area contributed by atoms with Crippen LogP contribution in [-0.4, -0.2) is 35.5 Å². The molecule has 0 unspecified atom stereocenters. The summed E-state index contributed by atoms with van der Waals surface area (Å²) in [5.41, 5.74) is -0.506. The van der Waals surface area contributed by atoms with Crippen LogP contribution in [0.4, 0.5) is 19.0 Å². The highest BCUT2D eigenvalue weighted by molar-refractivity contribution is 7.95. The number of methoxy groups -OCH3 is 1. The second-order valence-corrected chi connectivity index (χ2v) is 8.98. The summed E-state index contributed by atoms with van der Waals surface area (Å²) in [6, 6.07) is 9.55. The molecule has 0 aliphatic heterocycles. The number of para-hydroxylation sites is 2. The highest BCUT2D eigenvalue weighted by Crippen LogP contribution is 2.39. The number of hydrogen-bond acceptors (Lipinski definition) is 8. The molecule has 0 spiro atoms. The maximum absolute atomic E-state index is 14.0. The van der Waals surface area contributed by atoms with E-state index in [1.165, 1.54) is 25.6 Å². The average Bonchev–Trinajstić information content (AvgIpc) is 2.89. The van der Waals surface area contributed by atoms with Crippen molar-refractivity contribution in [3.63, 3.8) is 0 Å². The fourth-order valence-electron chi connectivity index (χ4n) is 2.91. The zero-order chi connectivity index (χ0) is 26.6. The van der Waals surface area contributed by atoms with Gasteiger partial charge in [0.1, 0.15) is 0 Å². The number of ether oxygens (including phenoxy) is 2. The van der Waals surface area contributed by atoms with E-state index in [-0.39, 0.29) is 28.3 Å². The quantitative estimate of drug-likeness (QED) is 0.235. The monoisotopic (exact) mass is 549 g/mol. The van der Waals surface area contributed by atoms with Gasteiger partial charge in [-0.3, -0.25) is 4.72 Å². The van der Waals surface area contributed by atoms with Crippen LogP contribution in [0.25, 0.3) is 17.7 Å². The second kappa shape index (κ2) is 10.8. The Morgan fingerprint density at radius 2 is 1.62 bits per heavy atom. The number of nitrogens with zero attached hydrogens (tertiary/aromatic N) is 4. The van der Waals surface area contributed by atoms with E-state index in [0.717, 1.165) is 12.1 Å². The molecule has 190 valence electrons. The van der Waals surface area contributed by atoms with Crippen molar-refractivity contribution >= 4 is 33.5 Å². The molecule has 0 bridgehead atoms. The van der Waals surface area contributed by atoms with Crippen molar-refractivity contribution in [1.29, 1.82) is 0 Å². The highest BCUT2D eigenvalue weighted by atomic mass is 35.5. The molecule has 4 rings (SSSR count).